The van der Waals surface area contributed by atoms with E-state index < -0.39 is 30.3 Å². The van der Waals surface area contributed by atoms with Crippen LogP contribution in [0.25, 0.3) is 6.08 Å². The van der Waals surface area contributed by atoms with Crippen molar-refractivity contribution in [1.29, 1.82) is 0 Å². The van der Waals surface area contributed by atoms with Gasteiger partial charge in [0.1, 0.15) is 24.0 Å². The zero-order valence-corrected chi connectivity index (χ0v) is 21.3. The summed E-state index contributed by atoms with van der Waals surface area (Å²) in [6, 6.07) is 16.6. The third kappa shape index (κ3) is 8.52. The average molecular weight is 521 g/mol. The van der Waals surface area contributed by atoms with Gasteiger partial charge in [-0.2, -0.15) is 0 Å². The Morgan fingerprint density at radius 2 is 1.76 bits per heavy atom. The van der Waals surface area contributed by atoms with E-state index in [1.165, 1.54) is 18.3 Å². The molecule has 0 aliphatic carbocycles. The van der Waals surface area contributed by atoms with Crippen molar-refractivity contribution in [2.24, 2.45) is 0 Å². The van der Waals surface area contributed by atoms with Crippen molar-refractivity contribution in [3.63, 3.8) is 0 Å². The number of aliphatic carboxylic acids is 1. The molecule has 0 aliphatic heterocycles. The maximum Gasteiger partial charge on any atom is 0.331 e. The van der Waals surface area contributed by atoms with Gasteiger partial charge >= 0.3 is 5.97 Å². The van der Waals surface area contributed by atoms with Crippen LogP contribution in [0.2, 0.25) is 0 Å². The number of ketones is 1. The number of allylic oxidation sites excluding steroid dienone is 2. The van der Waals surface area contributed by atoms with Crippen molar-refractivity contribution >= 4 is 35.1 Å². The number of benzene rings is 2. The Morgan fingerprint density at radius 1 is 1.05 bits per heavy atom. The molecule has 0 saturated heterocycles. The summed E-state index contributed by atoms with van der Waals surface area (Å²) >= 11 is 1.31. The molecule has 0 aliphatic rings. The summed E-state index contributed by atoms with van der Waals surface area (Å²) in [6.45, 7) is 2.84. The quantitative estimate of drug-likeness (QED) is 0.186. The number of carbonyl (C=O) groups excluding carboxylic acids is 2. The van der Waals surface area contributed by atoms with Crippen LogP contribution in [0.15, 0.2) is 77.2 Å². The monoisotopic (exact) mass is 520 g/mol. The molecule has 3 aromatic rings. The van der Waals surface area contributed by atoms with Crippen LogP contribution in [0, 0.1) is 0 Å². The van der Waals surface area contributed by atoms with Crippen LogP contribution in [0.4, 0.5) is 0 Å². The first-order valence-electron chi connectivity index (χ1n) is 11.5. The highest BCUT2D eigenvalue weighted by atomic mass is 32.1. The fourth-order valence-electron chi connectivity index (χ4n) is 3.41. The molecule has 0 fully saturated rings. The van der Waals surface area contributed by atoms with E-state index in [0.717, 1.165) is 11.1 Å². The number of rotatable bonds is 12. The van der Waals surface area contributed by atoms with Crippen LogP contribution in [-0.4, -0.2) is 39.5 Å². The lowest BCUT2D eigenvalue weighted by atomic mass is 10.1. The second kappa shape index (κ2) is 13.3. The third-order valence-electron chi connectivity index (χ3n) is 5.31. The van der Waals surface area contributed by atoms with E-state index in [9.17, 15) is 14.4 Å². The Balaban J connectivity index is 1.75. The smallest absolute Gasteiger partial charge is 0.331 e. The molecule has 3 N–H and O–H groups in total. The number of nitrogens with one attached hydrogen (secondary N) is 1. The maximum absolute atomic E-state index is 12.3. The Bertz CT molecular complexity index is 1300. The van der Waals surface area contributed by atoms with Gasteiger partial charge in [0.2, 0.25) is 5.78 Å². The molecular formula is C28H28N2O6S. The Labute approximate surface area is 219 Å². The fourth-order valence-corrected chi connectivity index (χ4v) is 4.24. The van der Waals surface area contributed by atoms with Crippen molar-refractivity contribution in [2.75, 3.05) is 6.61 Å². The van der Waals surface area contributed by atoms with Crippen molar-refractivity contribution in [1.82, 2.24) is 10.3 Å². The van der Waals surface area contributed by atoms with E-state index in [2.05, 4.69) is 10.3 Å². The molecule has 0 radical (unpaired) electrons. The molecule has 1 heterocycles. The predicted octanol–water partition coefficient (Wildman–Crippen LogP) is 4.12. The van der Waals surface area contributed by atoms with E-state index in [-0.39, 0.29) is 5.57 Å². The molecule has 0 saturated carbocycles. The normalized spacial score (nSPS) is 12.6. The van der Waals surface area contributed by atoms with Gasteiger partial charge in [0.25, 0.3) is 5.91 Å². The largest absolute Gasteiger partial charge is 0.489 e. The lowest BCUT2D eigenvalue weighted by Crippen LogP contribution is -2.36. The summed E-state index contributed by atoms with van der Waals surface area (Å²) in [6.07, 6.45) is 3.64. The van der Waals surface area contributed by atoms with Gasteiger partial charge in [-0.3, -0.25) is 9.59 Å². The van der Waals surface area contributed by atoms with Crippen molar-refractivity contribution in [3.05, 3.63) is 99.0 Å². The SMILES string of the molecule is C/C(=C/C(C)=C/c1csc([C@H](Cc2ccc(OCc3ccccc3)cc2)NC(=O)C(=O)CO)n1)C(=O)O. The van der Waals surface area contributed by atoms with E-state index in [1.807, 2.05) is 54.6 Å². The first-order chi connectivity index (χ1) is 17.7. The van der Waals surface area contributed by atoms with Crippen molar-refractivity contribution < 1.29 is 29.3 Å². The first-order valence-corrected chi connectivity index (χ1v) is 12.4. The fraction of sp³-hybridized carbons (Fsp3) is 0.214. The predicted molar refractivity (Wildman–Crippen MR) is 141 cm³/mol. The van der Waals surface area contributed by atoms with E-state index >= 15 is 0 Å². The number of aromatic nitrogens is 1. The number of aliphatic hydroxyl groups excluding tert-OH is 1. The van der Waals surface area contributed by atoms with Crippen LogP contribution >= 0.6 is 11.3 Å². The summed E-state index contributed by atoms with van der Waals surface area (Å²) in [5.41, 5.74) is 3.45. The van der Waals surface area contributed by atoms with Crippen LogP contribution in [-0.2, 0) is 27.4 Å². The van der Waals surface area contributed by atoms with Gasteiger partial charge in [0, 0.05) is 11.0 Å². The molecule has 0 spiro atoms. The van der Waals surface area contributed by atoms with Gasteiger partial charge in [-0.05, 0) is 61.3 Å². The highest BCUT2D eigenvalue weighted by Gasteiger charge is 2.22. The van der Waals surface area contributed by atoms with Crippen molar-refractivity contribution in [2.45, 2.75) is 32.9 Å². The summed E-state index contributed by atoms with van der Waals surface area (Å²) < 4.78 is 5.83. The number of thiazole rings is 1. The number of nitrogens with zero attached hydrogens (tertiary/aromatic N) is 1. The van der Waals surface area contributed by atoms with Crippen molar-refractivity contribution in [3.8, 4) is 5.75 Å². The highest BCUT2D eigenvalue weighted by molar-refractivity contribution is 7.09. The number of ether oxygens (including phenoxy) is 1. The van der Waals surface area contributed by atoms with Gasteiger partial charge in [-0.25, -0.2) is 9.78 Å². The number of aliphatic hydroxyl groups is 1. The van der Waals surface area contributed by atoms with Gasteiger partial charge in [-0.15, -0.1) is 11.3 Å². The molecule has 1 aromatic heterocycles. The second-order valence-corrected chi connectivity index (χ2v) is 9.25. The standard InChI is InChI=1S/C28H28N2O6S/c1-18(12-19(2)28(34)35)13-22-17-37-27(29-22)24(30-26(33)25(32)15-31)14-20-8-10-23(11-9-20)36-16-21-6-4-3-5-7-21/h3-13,17,24,31H,14-16H2,1-2H3,(H,30,33)(H,34,35)/b18-13+,19-12-/t24-/m0/s1. The van der Waals surface area contributed by atoms with Crippen LogP contribution in [0.5, 0.6) is 5.75 Å². The van der Waals surface area contributed by atoms with Crippen LogP contribution in [0.1, 0.15) is 41.7 Å². The summed E-state index contributed by atoms with van der Waals surface area (Å²) in [5.74, 6) is -2.12. The Hall–Kier alpha value is -4.08. The molecule has 37 heavy (non-hydrogen) atoms. The Morgan fingerprint density at radius 3 is 2.41 bits per heavy atom. The zero-order valence-electron chi connectivity index (χ0n) is 20.5. The molecule has 0 bridgehead atoms. The molecule has 9 heteroatoms. The van der Waals surface area contributed by atoms with Crippen LogP contribution in [0.3, 0.4) is 0 Å². The molecule has 192 valence electrons. The molecule has 0 unspecified atom stereocenters. The van der Waals surface area contributed by atoms with E-state index in [1.54, 1.807) is 24.5 Å². The average Bonchev–Trinajstić information content (AvgIpc) is 3.36. The summed E-state index contributed by atoms with van der Waals surface area (Å²) in [7, 11) is 0. The number of Topliss-reactive ketones (excluding diaryl/α,β-unsaturated/α-hetero) is 1. The van der Waals surface area contributed by atoms with E-state index in [4.69, 9.17) is 14.9 Å². The Kier molecular flexibility index (Phi) is 9.88. The maximum atomic E-state index is 12.3. The van der Waals surface area contributed by atoms with E-state index in [0.29, 0.717) is 35.1 Å². The summed E-state index contributed by atoms with van der Waals surface area (Å²) in [5, 5.41) is 23.1. The minimum Gasteiger partial charge on any atom is -0.489 e. The molecule has 2 aromatic carbocycles. The van der Waals surface area contributed by atoms with Gasteiger partial charge < -0.3 is 20.3 Å². The number of amides is 1. The molecule has 8 nitrogen and oxygen atoms in total. The minimum atomic E-state index is -1.00. The van der Waals surface area contributed by atoms with Gasteiger partial charge in [0.05, 0.1) is 11.7 Å². The second-order valence-electron chi connectivity index (χ2n) is 8.36. The number of carboxylic acids is 1. The number of carbonyl (C=O) groups is 3. The number of hydrogen-bond acceptors (Lipinski definition) is 7. The molecule has 3 rings (SSSR count). The summed E-state index contributed by atoms with van der Waals surface area (Å²) in [4.78, 5) is 39.6. The van der Waals surface area contributed by atoms with Gasteiger partial charge in [-0.1, -0.05) is 42.5 Å². The minimum absolute atomic E-state index is 0.202. The van der Waals surface area contributed by atoms with Crippen LogP contribution < -0.4 is 10.1 Å². The molecule has 1 atom stereocenters. The lowest BCUT2D eigenvalue weighted by molar-refractivity contribution is -0.139. The number of carboxylic acid groups (broad SMARTS) is 1. The lowest BCUT2D eigenvalue weighted by Gasteiger charge is -2.16. The molecular weight excluding hydrogens is 492 g/mol. The topological polar surface area (TPSA) is 126 Å². The highest BCUT2D eigenvalue weighted by Crippen LogP contribution is 2.25. The van der Waals surface area contributed by atoms with Gasteiger partial charge in [0.15, 0.2) is 0 Å². The first kappa shape index (κ1) is 27.5. The molecule has 1 amide bonds. The third-order valence-corrected chi connectivity index (χ3v) is 6.29. The number of hydrogen-bond donors (Lipinski definition) is 3. The zero-order chi connectivity index (χ0) is 26.8.